The molecule has 3 aromatic rings. The molecule has 2 aromatic heterocycles. The summed E-state index contributed by atoms with van der Waals surface area (Å²) in [4.78, 5) is 12.9. The van der Waals surface area contributed by atoms with Crippen LogP contribution in [-0.4, -0.2) is 10.4 Å². The first-order valence-electron chi connectivity index (χ1n) is 5.55. The first-order chi connectivity index (χ1) is 8.74. The van der Waals surface area contributed by atoms with Crippen molar-refractivity contribution in [3.8, 4) is 0 Å². The van der Waals surface area contributed by atoms with Crippen molar-refractivity contribution in [1.82, 2.24) is 4.57 Å². The fourth-order valence-corrected chi connectivity index (χ4v) is 3.01. The average Bonchev–Trinajstić information content (AvgIpc) is 2.98. The van der Waals surface area contributed by atoms with Crippen molar-refractivity contribution in [2.45, 2.75) is 6.54 Å². The fraction of sp³-hybridized carbons (Fsp3) is 0.0714. The minimum Gasteiger partial charge on any atom is -0.340 e. The van der Waals surface area contributed by atoms with Crippen LogP contribution in [-0.2, 0) is 6.54 Å². The summed E-state index contributed by atoms with van der Waals surface area (Å²) >= 11 is 4.94. The smallest absolute Gasteiger partial charge is 0.192 e. The lowest BCUT2D eigenvalue weighted by molar-refractivity contribution is 0.0977. The van der Waals surface area contributed by atoms with Crippen molar-refractivity contribution in [1.29, 1.82) is 0 Å². The fourth-order valence-electron chi connectivity index (χ4n) is 1.98. The van der Waals surface area contributed by atoms with E-state index in [0.717, 1.165) is 20.3 Å². The number of carbonyl (C=O) groups is 1. The van der Waals surface area contributed by atoms with Crippen molar-refractivity contribution in [3.63, 3.8) is 0 Å². The van der Waals surface area contributed by atoms with Crippen LogP contribution in [0.15, 0.2) is 52.4 Å². The van der Waals surface area contributed by atoms with Gasteiger partial charge in [-0.25, -0.2) is 0 Å². The summed E-state index contributed by atoms with van der Waals surface area (Å²) in [5.74, 6) is 0.158. The number of rotatable bonds is 3. The summed E-state index contributed by atoms with van der Waals surface area (Å²) in [6.07, 6.45) is 1.96. The number of benzene rings is 1. The van der Waals surface area contributed by atoms with Gasteiger partial charge < -0.3 is 4.57 Å². The topological polar surface area (TPSA) is 22.0 Å². The summed E-state index contributed by atoms with van der Waals surface area (Å²) in [5, 5.41) is 3.07. The van der Waals surface area contributed by atoms with Crippen LogP contribution in [0, 0.1) is 0 Å². The van der Waals surface area contributed by atoms with Gasteiger partial charge in [0.2, 0.25) is 0 Å². The molecule has 0 saturated heterocycles. The Balaban J connectivity index is 1.94. The lowest BCUT2D eigenvalue weighted by Gasteiger charge is -2.03. The Kier molecular flexibility index (Phi) is 3.06. The van der Waals surface area contributed by atoms with E-state index in [2.05, 4.69) is 22.0 Å². The van der Waals surface area contributed by atoms with Crippen molar-refractivity contribution < 1.29 is 4.79 Å². The molecule has 0 unspecified atom stereocenters. The standard InChI is InChI=1S/C14H10BrNOS/c15-11-3-4-12-10(8-11)5-6-16(12)9-13(17)14-2-1-7-18-14/h1-8H,9H2. The first-order valence-corrected chi connectivity index (χ1v) is 7.22. The van der Waals surface area contributed by atoms with E-state index in [4.69, 9.17) is 0 Å². The molecule has 0 N–H and O–H groups in total. The first kappa shape index (κ1) is 11.7. The predicted molar refractivity (Wildman–Crippen MR) is 78.3 cm³/mol. The molecule has 0 amide bonds. The molecule has 2 heterocycles. The number of ketones is 1. The molecule has 3 rings (SSSR count). The van der Waals surface area contributed by atoms with Crippen molar-refractivity contribution in [3.05, 3.63) is 57.3 Å². The predicted octanol–water partition coefficient (Wildman–Crippen LogP) is 4.35. The summed E-state index contributed by atoms with van der Waals surface area (Å²) in [6, 6.07) is 11.9. The Hall–Kier alpha value is -1.39. The third-order valence-electron chi connectivity index (χ3n) is 2.84. The minimum absolute atomic E-state index is 0.158. The van der Waals surface area contributed by atoms with Crippen molar-refractivity contribution in [2.24, 2.45) is 0 Å². The Labute approximate surface area is 117 Å². The molecule has 4 heteroatoms. The zero-order valence-electron chi connectivity index (χ0n) is 9.47. The van der Waals surface area contributed by atoms with Gasteiger partial charge in [-0.2, -0.15) is 0 Å². The summed E-state index contributed by atoms with van der Waals surface area (Å²) in [5.41, 5.74) is 1.09. The molecule has 0 bridgehead atoms. The molecule has 0 aliphatic heterocycles. The number of thiophene rings is 1. The van der Waals surface area contributed by atoms with Crippen LogP contribution in [0.1, 0.15) is 9.67 Å². The maximum atomic E-state index is 12.1. The van der Waals surface area contributed by atoms with Gasteiger partial charge in [0.15, 0.2) is 5.78 Å². The lowest BCUT2D eigenvalue weighted by atomic mass is 10.2. The van der Waals surface area contributed by atoms with E-state index in [-0.39, 0.29) is 5.78 Å². The summed E-state index contributed by atoms with van der Waals surface area (Å²) in [7, 11) is 0. The maximum absolute atomic E-state index is 12.1. The highest BCUT2D eigenvalue weighted by atomic mass is 79.9. The summed E-state index contributed by atoms with van der Waals surface area (Å²) in [6.45, 7) is 0.394. The monoisotopic (exact) mass is 319 g/mol. The largest absolute Gasteiger partial charge is 0.340 e. The Morgan fingerprint density at radius 2 is 2.17 bits per heavy atom. The van der Waals surface area contributed by atoms with Crippen molar-refractivity contribution >= 4 is 44.0 Å². The number of halogens is 1. The molecule has 0 radical (unpaired) electrons. The van der Waals surface area contributed by atoms with Crippen LogP contribution in [0.3, 0.4) is 0 Å². The molecule has 0 atom stereocenters. The van der Waals surface area contributed by atoms with Gasteiger partial charge in [-0.05, 0) is 35.7 Å². The molecular formula is C14H10BrNOS. The summed E-state index contributed by atoms with van der Waals surface area (Å²) < 4.78 is 3.04. The van der Waals surface area contributed by atoms with Crippen LogP contribution in [0.5, 0.6) is 0 Å². The van der Waals surface area contributed by atoms with E-state index in [1.54, 1.807) is 0 Å². The molecule has 2 nitrogen and oxygen atoms in total. The van der Waals surface area contributed by atoms with E-state index in [1.165, 1.54) is 11.3 Å². The van der Waals surface area contributed by atoms with Gasteiger partial charge in [0, 0.05) is 21.6 Å². The van der Waals surface area contributed by atoms with E-state index >= 15 is 0 Å². The number of Topliss-reactive ketones (excluding diaryl/α,β-unsaturated/α-hetero) is 1. The van der Waals surface area contributed by atoms with Crippen LogP contribution >= 0.6 is 27.3 Å². The SMILES string of the molecule is O=C(Cn1ccc2cc(Br)ccc21)c1cccs1. The molecule has 90 valence electrons. The maximum Gasteiger partial charge on any atom is 0.192 e. The van der Waals surface area contributed by atoms with E-state index in [9.17, 15) is 4.79 Å². The zero-order valence-corrected chi connectivity index (χ0v) is 11.9. The number of hydrogen-bond acceptors (Lipinski definition) is 2. The van der Waals surface area contributed by atoms with E-state index in [0.29, 0.717) is 6.54 Å². The second kappa shape index (κ2) is 4.71. The van der Waals surface area contributed by atoms with Crippen LogP contribution in [0.25, 0.3) is 10.9 Å². The Morgan fingerprint density at radius 1 is 1.28 bits per heavy atom. The highest BCUT2D eigenvalue weighted by molar-refractivity contribution is 9.10. The molecule has 18 heavy (non-hydrogen) atoms. The van der Waals surface area contributed by atoms with Gasteiger partial charge >= 0.3 is 0 Å². The Bertz CT molecular complexity index is 700. The quantitative estimate of drug-likeness (QED) is 0.658. The van der Waals surface area contributed by atoms with Crippen LogP contribution in [0.2, 0.25) is 0 Å². The zero-order chi connectivity index (χ0) is 12.5. The van der Waals surface area contributed by atoms with Gasteiger partial charge in [-0.1, -0.05) is 22.0 Å². The van der Waals surface area contributed by atoms with Crippen molar-refractivity contribution in [2.75, 3.05) is 0 Å². The Morgan fingerprint density at radius 3 is 2.94 bits per heavy atom. The molecule has 0 saturated carbocycles. The molecule has 0 spiro atoms. The van der Waals surface area contributed by atoms with Crippen LogP contribution in [0.4, 0.5) is 0 Å². The second-order valence-corrected chi connectivity index (χ2v) is 5.91. The van der Waals surface area contributed by atoms with Gasteiger partial charge in [-0.15, -0.1) is 11.3 Å². The lowest BCUT2D eigenvalue weighted by Crippen LogP contribution is -2.07. The number of nitrogens with zero attached hydrogens (tertiary/aromatic N) is 1. The highest BCUT2D eigenvalue weighted by Gasteiger charge is 2.09. The molecule has 0 aliphatic carbocycles. The second-order valence-electron chi connectivity index (χ2n) is 4.05. The molecular weight excluding hydrogens is 310 g/mol. The number of carbonyl (C=O) groups excluding carboxylic acids is 1. The molecule has 0 aliphatic rings. The van der Waals surface area contributed by atoms with Gasteiger partial charge in [0.05, 0.1) is 11.4 Å². The number of aromatic nitrogens is 1. The van der Waals surface area contributed by atoms with Gasteiger partial charge in [-0.3, -0.25) is 4.79 Å². The normalized spacial score (nSPS) is 10.9. The third-order valence-corrected chi connectivity index (χ3v) is 4.25. The number of hydrogen-bond donors (Lipinski definition) is 0. The van der Waals surface area contributed by atoms with Gasteiger partial charge in [0.25, 0.3) is 0 Å². The van der Waals surface area contributed by atoms with Crippen LogP contribution < -0.4 is 0 Å². The molecule has 1 aromatic carbocycles. The molecule has 0 fully saturated rings. The third kappa shape index (κ3) is 2.13. The van der Waals surface area contributed by atoms with E-state index in [1.807, 2.05) is 46.5 Å². The van der Waals surface area contributed by atoms with E-state index < -0.39 is 0 Å². The highest BCUT2D eigenvalue weighted by Crippen LogP contribution is 2.21. The minimum atomic E-state index is 0.158. The number of fused-ring (bicyclic) bond motifs is 1. The average molecular weight is 320 g/mol. The van der Waals surface area contributed by atoms with Gasteiger partial charge in [0.1, 0.15) is 0 Å².